The number of thioether (sulfide) groups is 1. The number of nitrogens with one attached hydrogen (secondary N) is 1. The third-order valence-corrected chi connectivity index (χ3v) is 6.83. The monoisotopic (exact) mass is 477 g/mol. The smallest absolute Gasteiger partial charge is 0.293 e. The first-order chi connectivity index (χ1) is 16.4. The Morgan fingerprint density at radius 2 is 1.79 bits per heavy atom. The van der Waals surface area contributed by atoms with Crippen LogP contribution in [0.1, 0.15) is 42.0 Å². The van der Waals surface area contributed by atoms with E-state index >= 15 is 0 Å². The van der Waals surface area contributed by atoms with Gasteiger partial charge in [0, 0.05) is 26.1 Å². The lowest BCUT2D eigenvalue weighted by molar-refractivity contribution is -0.142. The molecule has 4 amide bonds. The largest absolute Gasteiger partial charge is 0.352 e. The van der Waals surface area contributed by atoms with Crippen LogP contribution in [0.3, 0.4) is 0 Å². The molecular formula is C26H27N3O4S. The molecule has 0 spiro atoms. The molecule has 2 aliphatic rings. The molecule has 0 aromatic heterocycles. The van der Waals surface area contributed by atoms with E-state index in [-0.39, 0.29) is 36.1 Å². The summed E-state index contributed by atoms with van der Waals surface area (Å²) in [7, 11) is 0. The third kappa shape index (κ3) is 5.39. The Kier molecular flexibility index (Phi) is 7.47. The molecule has 34 heavy (non-hydrogen) atoms. The van der Waals surface area contributed by atoms with Gasteiger partial charge in [-0.3, -0.25) is 24.1 Å². The Morgan fingerprint density at radius 1 is 1.06 bits per heavy atom. The van der Waals surface area contributed by atoms with Gasteiger partial charge in [0.05, 0.1) is 4.91 Å². The molecular weight excluding hydrogens is 450 g/mol. The van der Waals surface area contributed by atoms with E-state index in [1.54, 1.807) is 11.0 Å². The molecule has 2 aromatic rings. The van der Waals surface area contributed by atoms with Crippen LogP contribution < -0.4 is 5.32 Å². The van der Waals surface area contributed by atoms with Crippen molar-refractivity contribution in [1.82, 2.24) is 15.1 Å². The van der Waals surface area contributed by atoms with E-state index in [1.165, 1.54) is 0 Å². The predicted octanol–water partition coefficient (Wildman–Crippen LogP) is 3.90. The van der Waals surface area contributed by atoms with Gasteiger partial charge in [-0.1, -0.05) is 60.2 Å². The summed E-state index contributed by atoms with van der Waals surface area (Å²) < 4.78 is 0. The second kappa shape index (κ2) is 10.7. The fraction of sp³-hybridized carbons (Fsp3) is 0.308. The minimum Gasteiger partial charge on any atom is -0.352 e. The first kappa shape index (κ1) is 23.8. The molecule has 8 heteroatoms. The van der Waals surface area contributed by atoms with Gasteiger partial charge in [-0.25, -0.2) is 0 Å². The molecule has 0 radical (unpaired) electrons. The van der Waals surface area contributed by atoms with Crippen LogP contribution in [-0.4, -0.2) is 52.4 Å². The number of amides is 4. The number of rotatable bonds is 7. The molecule has 0 aliphatic carbocycles. The highest BCUT2D eigenvalue weighted by molar-refractivity contribution is 8.18. The van der Waals surface area contributed by atoms with E-state index in [1.807, 2.05) is 61.5 Å². The number of aryl methyl sites for hydroxylation is 1. The van der Waals surface area contributed by atoms with Gasteiger partial charge < -0.3 is 10.2 Å². The number of carbonyl (C=O) groups is 4. The molecule has 2 saturated heterocycles. The molecule has 4 rings (SSSR count). The fourth-order valence-corrected chi connectivity index (χ4v) is 4.97. The van der Waals surface area contributed by atoms with Crippen molar-refractivity contribution in [1.29, 1.82) is 0 Å². The maximum absolute atomic E-state index is 13.1. The number of hydrogen-bond donors (Lipinski definition) is 1. The normalized spacial score (nSPS) is 18.5. The number of benzene rings is 2. The van der Waals surface area contributed by atoms with Crippen molar-refractivity contribution in [2.24, 2.45) is 0 Å². The van der Waals surface area contributed by atoms with Crippen molar-refractivity contribution in [2.45, 2.75) is 32.2 Å². The van der Waals surface area contributed by atoms with E-state index in [2.05, 4.69) is 5.32 Å². The van der Waals surface area contributed by atoms with Crippen LogP contribution in [0.5, 0.6) is 0 Å². The van der Waals surface area contributed by atoms with Crippen LogP contribution in [0.2, 0.25) is 0 Å². The summed E-state index contributed by atoms with van der Waals surface area (Å²) in [6.07, 6.45) is 3.82. The number of piperidine rings is 1. The second-order valence-corrected chi connectivity index (χ2v) is 9.39. The van der Waals surface area contributed by atoms with Gasteiger partial charge in [0.2, 0.25) is 11.8 Å². The highest BCUT2D eigenvalue weighted by Gasteiger charge is 2.36. The first-order valence-corrected chi connectivity index (χ1v) is 12.2. The number of likely N-dealkylation sites (tertiary alicyclic amines) is 1. The van der Waals surface area contributed by atoms with Gasteiger partial charge in [-0.05, 0) is 48.7 Å². The minimum atomic E-state index is -0.731. The van der Waals surface area contributed by atoms with Gasteiger partial charge >= 0.3 is 0 Å². The lowest BCUT2D eigenvalue weighted by atomic mass is 10.0. The number of hydrogen-bond acceptors (Lipinski definition) is 5. The van der Waals surface area contributed by atoms with Crippen molar-refractivity contribution >= 4 is 40.8 Å². The van der Waals surface area contributed by atoms with Gasteiger partial charge in [0.25, 0.3) is 11.1 Å². The van der Waals surface area contributed by atoms with Gasteiger partial charge in [0.15, 0.2) is 0 Å². The van der Waals surface area contributed by atoms with Gasteiger partial charge in [0.1, 0.15) is 6.04 Å². The molecule has 1 atom stereocenters. The Hall–Kier alpha value is -3.39. The summed E-state index contributed by atoms with van der Waals surface area (Å²) >= 11 is 0.899. The van der Waals surface area contributed by atoms with Gasteiger partial charge in [-0.15, -0.1) is 0 Å². The first-order valence-electron chi connectivity index (χ1n) is 11.4. The third-order valence-electron chi connectivity index (χ3n) is 5.92. The van der Waals surface area contributed by atoms with Crippen LogP contribution in [-0.2, 0) is 14.4 Å². The molecule has 2 fully saturated rings. The van der Waals surface area contributed by atoms with Crippen LogP contribution in [0.15, 0.2) is 59.5 Å². The summed E-state index contributed by atoms with van der Waals surface area (Å²) in [5.74, 6) is -0.721. The molecule has 176 valence electrons. The van der Waals surface area contributed by atoms with E-state index in [0.717, 1.165) is 46.2 Å². The molecule has 2 aliphatic heterocycles. The lowest BCUT2D eigenvalue weighted by Gasteiger charge is -2.34. The maximum atomic E-state index is 13.1. The standard InChI is InChI=1S/C26H27N3O4S/c1-18-10-12-19(13-11-18)17-21-25(32)29(26(33)34-21)16-14-27-24(31)23(20-7-3-2-4-8-20)28-15-6-5-9-22(28)30/h2-4,7-8,10-13,17,23H,5-6,9,14-16H2,1H3,(H,27,31)/b21-17-. The van der Waals surface area contributed by atoms with Crippen LogP contribution >= 0.6 is 11.8 Å². The van der Waals surface area contributed by atoms with E-state index < -0.39 is 6.04 Å². The van der Waals surface area contributed by atoms with Crippen LogP contribution in [0.4, 0.5) is 4.79 Å². The average Bonchev–Trinajstić information content (AvgIpc) is 3.10. The number of imide groups is 1. The average molecular weight is 478 g/mol. The zero-order valence-electron chi connectivity index (χ0n) is 19.0. The zero-order valence-corrected chi connectivity index (χ0v) is 19.8. The molecule has 1 unspecified atom stereocenters. The summed E-state index contributed by atoms with van der Waals surface area (Å²) in [6, 6.07) is 16.2. The summed E-state index contributed by atoms with van der Waals surface area (Å²) in [6.45, 7) is 2.69. The Morgan fingerprint density at radius 3 is 2.50 bits per heavy atom. The van der Waals surface area contributed by atoms with Crippen LogP contribution in [0, 0.1) is 6.92 Å². The zero-order chi connectivity index (χ0) is 24.1. The van der Waals surface area contributed by atoms with E-state index in [4.69, 9.17) is 0 Å². The fourth-order valence-electron chi connectivity index (χ4n) is 4.10. The summed E-state index contributed by atoms with van der Waals surface area (Å²) in [5, 5.41) is 2.47. The molecule has 2 aromatic carbocycles. The number of nitrogens with zero attached hydrogens (tertiary/aromatic N) is 2. The van der Waals surface area contributed by atoms with Crippen molar-refractivity contribution < 1.29 is 19.2 Å². The van der Waals surface area contributed by atoms with Crippen LogP contribution in [0.25, 0.3) is 6.08 Å². The summed E-state index contributed by atoms with van der Waals surface area (Å²) in [5.41, 5.74) is 2.70. The molecule has 0 saturated carbocycles. The SMILES string of the molecule is Cc1ccc(/C=C2\SC(=O)N(CCNC(=O)C(c3ccccc3)N3CCCCC3=O)C2=O)cc1. The van der Waals surface area contributed by atoms with Crippen molar-refractivity contribution in [3.63, 3.8) is 0 Å². The molecule has 1 N–H and O–H groups in total. The predicted molar refractivity (Wildman–Crippen MR) is 132 cm³/mol. The van der Waals surface area contributed by atoms with Crippen molar-refractivity contribution in [3.8, 4) is 0 Å². The van der Waals surface area contributed by atoms with E-state index in [9.17, 15) is 19.2 Å². The second-order valence-electron chi connectivity index (χ2n) is 8.39. The molecule has 0 bridgehead atoms. The lowest BCUT2D eigenvalue weighted by Crippen LogP contribution is -2.47. The van der Waals surface area contributed by atoms with E-state index in [0.29, 0.717) is 17.9 Å². The minimum absolute atomic E-state index is 0.0394. The molecule has 2 heterocycles. The molecule has 7 nitrogen and oxygen atoms in total. The van der Waals surface area contributed by atoms with Gasteiger partial charge in [-0.2, -0.15) is 0 Å². The number of carbonyl (C=O) groups excluding carboxylic acids is 4. The maximum Gasteiger partial charge on any atom is 0.293 e. The quantitative estimate of drug-likeness (QED) is 0.611. The highest BCUT2D eigenvalue weighted by Crippen LogP contribution is 2.32. The van der Waals surface area contributed by atoms with Crippen molar-refractivity contribution in [3.05, 3.63) is 76.2 Å². The highest BCUT2D eigenvalue weighted by atomic mass is 32.2. The Bertz CT molecular complexity index is 1110. The Labute approximate surface area is 203 Å². The summed E-state index contributed by atoms with van der Waals surface area (Å²) in [4.78, 5) is 54.0. The topological polar surface area (TPSA) is 86.8 Å². The van der Waals surface area contributed by atoms with Crippen molar-refractivity contribution in [2.75, 3.05) is 19.6 Å². The Balaban J connectivity index is 1.40.